The molecule has 1 aromatic rings. The molecule has 0 aliphatic carbocycles. The highest BCUT2D eigenvalue weighted by Crippen LogP contribution is 2.24. The second-order valence-electron chi connectivity index (χ2n) is 4.88. The van der Waals surface area contributed by atoms with Crippen LogP contribution in [0.3, 0.4) is 0 Å². The molecule has 3 heteroatoms. The van der Waals surface area contributed by atoms with Crippen LogP contribution < -0.4 is 5.73 Å². The van der Waals surface area contributed by atoms with E-state index in [4.69, 9.17) is 5.73 Å². The molecule has 0 aromatic carbocycles. The van der Waals surface area contributed by atoms with Gasteiger partial charge in [-0.25, -0.2) is 0 Å². The lowest BCUT2D eigenvalue weighted by Crippen LogP contribution is -2.43. The minimum absolute atomic E-state index is 0.659. The van der Waals surface area contributed by atoms with Gasteiger partial charge in [-0.3, -0.25) is 9.88 Å². The van der Waals surface area contributed by atoms with Gasteiger partial charge in [-0.05, 0) is 38.8 Å². The summed E-state index contributed by atoms with van der Waals surface area (Å²) in [4.78, 5) is 6.91. The molecule has 0 saturated carbocycles. The fourth-order valence-corrected chi connectivity index (χ4v) is 2.56. The third kappa shape index (κ3) is 2.53. The Bertz CT molecular complexity index is 341. The molecule has 16 heavy (non-hydrogen) atoms. The largest absolute Gasteiger partial charge is 0.399 e. The Kier molecular flexibility index (Phi) is 3.44. The van der Waals surface area contributed by atoms with Gasteiger partial charge in [-0.1, -0.05) is 6.42 Å². The van der Waals surface area contributed by atoms with E-state index >= 15 is 0 Å². The zero-order valence-electron chi connectivity index (χ0n) is 10.2. The number of piperidine rings is 1. The van der Waals surface area contributed by atoms with Crippen molar-refractivity contribution >= 4 is 5.69 Å². The standard InChI is InChI=1S/C13H21N3/c1-10-4-3-5-11(2)16(10)9-13-8-12(14)6-7-15-13/h6-8,10-11H,3-5,9H2,1-2H3,(H2,14,15)/t10-,11+. The monoisotopic (exact) mass is 219 g/mol. The minimum atomic E-state index is 0.659. The molecular weight excluding hydrogens is 198 g/mol. The molecule has 2 heterocycles. The van der Waals surface area contributed by atoms with E-state index in [1.54, 1.807) is 6.20 Å². The van der Waals surface area contributed by atoms with Crippen LogP contribution in [-0.4, -0.2) is 22.0 Å². The topological polar surface area (TPSA) is 42.1 Å². The van der Waals surface area contributed by atoms with Gasteiger partial charge in [-0.15, -0.1) is 0 Å². The molecule has 2 rings (SSSR count). The predicted octanol–water partition coefficient (Wildman–Crippen LogP) is 2.43. The molecule has 1 aromatic heterocycles. The summed E-state index contributed by atoms with van der Waals surface area (Å²) in [5.74, 6) is 0. The number of rotatable bonds is 2. The van der Waals surface area contributed by atoms with Crippen LogP contribution in [0.2, 0.25) is 0 Å². The smallest absolute Gasteiger partial charge is 0.0564 e. The Labute approximate surface area is 97.7 Å². The van der Waals surface area contributed by atoms with E-state index in [0.29, 0.717) is 12.1 Å². The summed E-state index contributed by atoms with van der Waals surface area (Å²) in [6.07, 6.45) is 5.74. The second-order valence-corrected chi connectivity index (χ2v) is 4.88. The van der Waals surface area contributed by atoms with Crippen LogP contribution in [0.4, 0.5) is 5.69 Å². The van der Waals surface area contributed by atoms with Crippen LogP contribution >= 0.6 is 0 Å². The van der Waals surface area contributed by atoms with E-state index in [0.717, 1.165) is 17.9 Å². The molecule has 1 aliphatic heterocycles. The van der Waals surface area contributed by atoms with E-state index < -0.39 is 0 Å². The molecule has 0 radical (unpaired) electrons. The maximum absolute atomic E-state index is 5.77. The van der Waals surface area contributed by atoms with Gasteiger partial charge in [0.15, 0.2) is 0 Å². The van der Waals surface area contributed by atoms with Crippen LogP contribution in [0.15, 0.2) is 18.3 Å². The molecule has 0 amide bonds. The predicted molar refractivity (Wildman–Crippen MR) is 67.0 cm³/mol. The summed E-state index contributed by atoms with van der Waals surface area (Å²) in [7, 11) is 0. The second kappa shape index (κ2) is 4.83. The Balaban J connectivity index is 2.07. The van der Waals surface area contributed by atoms with Crippen molar-refractivity contribution in [2.24, 2.45) is 0 Å². The van der Waals surface area contributed by atoms with Crippen molar-refractivity contribution in [2.45, 2.75) is 51.7 Å². The van der Waals surface area contributed by atoms with Crippen molar-refractivity contribution in [3.63, 3.8) is 0 Å². The quantitative estimate of drug-likeness (QED) is 0.830. The molecular formula is C13H21N3. The number of nitrogen functional groups attached to an aromatic ring is 1. The fraction of sp³-hybridized carbons (Fsp3) is 0.615. The summed E-state index contributed by atoms with van der Waals surface area (Å²) in [6.45, 7) is 5.54. The third-order valence-electron chi connectivity index (χ3n) is 3.56. The maximum Gasteiger partial charge on any atom is 0.0564 e. The SMILES string of the molecule is C[C@@H]1CCC[C@H](C)N1Cc1cc(N)ccn1. The minimum Gasteiger partial charge on any atom is -0.399 e. The first-order chi connectivity index (χ1) is 7.66. The molecule has 0 bridgehead atoms. The van der Waals surface area contributed by atoms with Crippen molar-refractivity contribution in [2.75, 3.05) is 5.73 Å². The maximum atomic E-state index is 5.77. The number of hydrogen-bond donors (Lipinski definition) is 1. The van der Waals surface area contributed by atoms with E-state index in [2.05, 4.69) is 23.7 Å². The molecule has 0 spiro atoms. The Morgan fingerprint density at radius 1 is 1.38 bits per heavy atom. The zero-order valence-corrected chi connectivity index (χ0v) is 10.2. The van der Waals surface area contributed by atoms with Crippen LogP contribution in [0.1, 0.15) is 38.8 Å². The Morgan fingerprint density at radius 2 is 2.06 bits per heavy atom. The first-order valence-corrected chi connectivity index (χ1v) is 6.13. The summed E-state index contributed by atoms with van der Waals surface area (Å²) in [6, 6.07) is 5.14. The van der Waals surface area contributed by atoms with Gasteiger partial charge in [0, 0.05) is 30.5 Å². The van der Waals surface area contributed by atoms with Crippen molar-refractivity contribution in [1.29, 1.82) is 0 Å². The molecule has 1 saturated heterocycles. The number of likely N-dealkylation sites (tertiary alicyclic amines) is 1. The fourth-order valence-electron chi connectivity index (χ4n) is 2.56. The third-order valence-corrected chi connectivity index (χ3v) is 3.56. The molecule has 3 nitrogen and oxygen atoms in total. The first kappa shape index (κ1) is 11.4. The lowest BCUT2D eigenvalue weighted by Gasteiger charge is -2.38. The highest BCUT2D eigenvalue weighted by Gasteiger charge is 2.24. The van der Waals surface area contributed by atoms with Gasteiger partial charge in [0.1, 0.15) is 0 Å². The summed E-state index contributed by atoms with van der Waals surface area (Å²) < 4.78 is 0. The number of hydrogen-bond acceptors (Lipinski definition) is 3. The van der Waals surface area contributed by atoms with Gasteiger partial charge in [0.2, 0.25) is 0 Å². The van der Waals surface area contributed by atoms with Gasteiger partial charge in [-0.2, -0.15) is 0 Å². The van der Waals surface area contributed by atoms with Crippen molar-refractivity contribution in [3.05, 3.63) is 24.0 Å². The van der Waals surface area contributed by atoms with Crippen LogP contribution in [-0.2, 0) is 6.54 Å². The number of pyridine rings is 1. The van der Waals surface area contributed by atoms with Crippen LogP contribution in [0.25, 0.3) is 0 Å². The molecule has 2 N–H and O–H groups in total. The lowest BCUT2D eigenvalue weighted by atomic mass is 9.97. The molecule has 1 aliphatic rings. The van der Waals surface area contributed by atoms with Crippen molar-refractivity contribution in [3.8, 4) is 0 Å². The first-order valence-electron chi connectivity index (χ1n) is 6.13. The van der Waals surface area contributed by atoms with Gasteiger partial charge < -0.3 is 5.73 Å². The normalized spacial score (nSPS) is 26.9. The Morgan fingerprint density at radius 3 is 2.69 bits per heavy atom. The molecule has 2 atom stereocenters. The highest BCUT2D eigenvalue weighted by atomic mass is 15.2. The number of aromatic nitrogens is 1. The highest BCUT2D eigenvalue weighted by molar-refractivity contribution is 5.37. The Hall–Kier alpha value is -1.09. The summed E-state index contributed by atoms with van der Waals surface area (Å²) >= 11 is 0. The van der Waals surface area contributed by atoms with Gasteiger partial charge in [0.05, 0.1) is 5.69 Å². The van der Waals surface area contributed by atoms with Crippen molar-refractivity contribution in [1.82, 2.24) is 9.88 Å². The van der Waals surface area contributed by atoms with E-state index in [1.807, 2.05) is 12.1 Å². The molecule has 88 valence electrons. The van der Waals surface area contributed by atoms with E-state index in [9.17, 15) is 0 Å². The van der Waals surface area contributed by atoms with Crippen molar-refractivity contribution < 1.29 is 0 Å². The average Bonchev–Trinajstić information content (AvgIpc) is 2.24. The lowest BCUT2D eigenvalue weighted by molar-refractivity contribution is 0.0938. The van der Waals surface area contributed by atoms with Gasteiger partial charge >= 0.3 is 0 Å². The summed E-state index contributed by atoms with van der Waals surface area (Å²) in [5, 5.41) is 0. The van der Waals surface area contributed by atoms with Crippen LogP contribution in [0.5, 0.6) is 0 Å². The van der Waals surface area contributed by atoms with E-state index in [-0.39, 0.29) is 0 Å². The average molecular weight is 219 g/mol. The van der Waals surface area contributed by atoms with Crippen LogP contribution in [0, 0.1) is 0 Å². The number of nitrogens with two attached hydrogens (primary N) is 1. The molecule has 0 unspecified atom stereocenters. The van der Waals surface area contributed by atoms with Gasteiger partial charge in [0.25, 0.3) is 0 Å². The molecule has 1 fully saturated rings. The number of anilines is 1. The van der Waals surface area contributed by atoms with E-state index in [1.165, 1.54) is 19.3 Å². The number of nitrogens with zero attached hydrogens (tertiary/aromatic N) is 2. The summed E-state index contributed by atoms with van der Waals surface area (Å²) in [5.41, 5.74) is 7.67. The zero-order chi connectivity index (χ0) is 11.5.